The van der Waals surface area contributed by atoms with Crippen LogP contribution < -0.4 is 11.2 Å². The molecule has 0 aliphatic carbocycles. The lowest BCUT2D eigenvalue weighted by molar-refractivity contribution is -0.0582. The minimum Gasteiger partial charge on any atom is -0.459 e. The third-order valence-corrected chi connectivity index (χ3v) is 5.29. The second kappa shape index (κ2) is 9.66. The molecule has 0 radical (unpaired) electrons. The zero-order valence-corrected chi connectivity index (χ0v) is 17.8. The first-order valence-corrected chi connectivity index (χ1v) is 10.4. The van der Waals surface area contributed by atoms with Crippen LogP contribution in [0.4, 0.5) is 0 Å². The van der Waals surface area contributed by atoms with Crippen molar-refractivity contribution in [1.82, 2.24) is 9.55 Å². The van der Waals surface area contributed by atoms with Crippen LogP contribution in [0.1, 0.15) is 38.9 Å². The number of ether oxygens (including phenoxy) is 3. The molecule has 1 N–H and O–H groups in total. The van der Waals surface area contributed by atoms with E-state index in [4.69, 9.17) is 14.2 Å². The maximum absolute atomic E-state index is 12.6. The molecule has 0 amide bonds. The van der Waals surface area contributed by atoms with Gasteiger partial charge >= 0.3 is 17.6 Å². The van der Waals surface area contributed by atoms with Crippen molar-refractivity contribution in [3.8, 4) is 0 Å². The highest BCUT2D eigenvalue weighted by Crippen LogP contribution is 2.31. The molecule has 1 fully saturated rings. The highest BCUT2D eigenvalue weighted by Gasteiger charge is 2.40. The van der Waals surface area contributed by atoms with E-state index in [1.165, 1.54) is 10.8 Å². The van der Waals surface area contributed by atoms with E-state index in [2.05, 4.69) is 4.98 Å². The molecule has 0 spiro atoms. The summed E-state index contributed by atoms with van der Waals surface area (Å²) in [5.74, 6) is -1.11. The number of hydrogen-bond donors (Lipinski definition) is 1. The average Bonchev–Trinajstić information content (AvgIpc) is 3.23. The first kappa shape index (κ1) is 22.2. The second-order valence-corrected chi connectivity index (χ2v) is 7.62. The molecule has 2 aromatic carbocycles. The van der Waals surface area contributed by atoms with Crippen molar-refractivity contribution in [3.05, 3.63) is 104 Å². The fraction of sp³-hybridized carbons (Fsp3) is 0.250. The number of esters is 2. The zero-order valence-electron chi connectivity index (χ0n) is 17.8. The molecule has 9 nitrogen and oxygen atoms in total. The van der Waals surface area contributed by atoms with Crippen molar-refractivity contribution < 1.29 is 23.8 Å². The summed E-state index contributed by atoms with van der Waals surface area (Å²) in [4.78, 5) is 51.2. The number of carbonyl (C=O) groups excluding carboxylic acids is 2. The van der Waals surface area contributed by atoms with Crippen LogP contribution in [-0.4, -0.2) is 40.3 Å². The van der Waals surface area contributed by atoms with Crippen LogP contribution in [0.25, 0.3) is 0 Å². The van der Waals surface area contributed by atoms with Crippen LogP contribution in [-0.2, 0) is 14.2 Å². The normalized spacial score (nSPS) is 19.7. The van der Waals surface area contributed by atoms with Crippen molar-refractivity contribution in [2.45, 2.75) is 31.8 Å². The number of rotatable bonds is 6. The molecule has 33 heavy (non-hydrogen) atoms. The zero-order chi connectivity index (χ0) is 23.4. The predicted molar refractivity (Wildman–Crippen MR) is 117 cm³/mol. The Labute approximate surface area is 188 Å². The Bertz CT molecular complexity index is 1250. The number of H-pyrrole nitrogens is 1. The number of nitrogens with one attached hydrogen (secondary N) is 1. The van der Waals surface area contributed by atoms with E-state index >= 15 is 0 Å². The molecule has 1 aromatic heterocycles. The molecule has 1 aliphatic heterocycles. The molecule has 1 unspecified atom stereocenters. The average molecular weight is 450 g/mol. The molecule has 1 saturated heterocycles. The maximum Gasteiger partial charge on any atom is 0.338 e. The second-order valence-electron chi connectivity index (χ2n) is 7.62. The number of hydrogen-bond acceptors (Lipinski definition) is 7. The van der Waals surface area contributed by atoms with Crippen molar-refractivity contribution >= 4 is 11.9 Å². The van der Waals surface area contributed by atoms with E-state index in [0.29, 0.717) is 16.7 Å². The lowest BCUT2D eigenvalue weighted by Gasteiger charge is -2.19. The van der Waals surface area contributed by atoms with Crippen LogP contribution in [0.3, 0.4) is 0 Å². The van der Waals surface area contributed by atoms with Gasteiger partial charge in [-0.1, -0.05) is 36.4 Å². The Balaban J connectivity index is 1.53. The third kappa shape index (κ3) is 5.09. The lowest BCUT2D eigenvalue weighted by Crippen LogP contribution is -2.33. The number of benzene rings is 2. The van der Waals surface area contributed by atoms with Gasteiger partial charge in [-0.2, -0.15) is 0 Å². The number of aromatic nitrogens is 2. The summed E-state index contributed by atoms with van der Waals surface area (Å²) in [6.45, 7) is 1.38. The number of aromatic amines is 1. The van der Waals surface area contributed by atoms with Crippen LogP contribution in [0.5, 0.6) is 0 Å². The summed E-state index contributed by atoms with van der Waals surface area (Å²) in [5.41, 5.74) is -0.0781. The van der Waals surface area contributed by atoms with E-state index in [1.807, 2.05) is 0 Å². The molecule has 3 aromatic rings. The quantitative estimate of drug-likeness (QED) is 0.572. The van der Waals surface area contributed by atoms with Crippen molar-refractivity contribution in [3.63, 3.8) is 0 Å². The Morgan fingerprint density at radius 2 is 1.61 bits per heavy atom. The van der Waals surface area contributed by atoms with E-state index in [-0.39, 0.29) is 13.0 Å². The van der Waals surface area contributed by atoms with Crippen LogP contribution >= 0.6 is 0 Å². The first-order chi connectivity index (χ1) is 15.9. The topological polar surface area (TPSA) is 117 Å². The number of nitrogens with zero attached hydrogens (tertiary/aromatic N) is 1. The Hall–Kier alpha value is -3.98. The first-order valence-electron chi connectivity index (χ1n) is 10.4. The molecule has 0 saturated carbocycles. The van der Waals surface area contributed by atoms with Gasteiger partial charge in [0.25, 0.3) is 5.56 Å². The SMILES string of the molecule is Cc1cn([C@H]2CC(OC(=O)c3ccccc3)[C@@H](COC(=O)c3ccccc3)O2)c(=O)[nH]c1=O. The van der Waals surface area contributed by atoms with Gasteiger partial charge in [0.15, 0.2) is 0 Å². The van der Waals surface area contributed by atoms with Gasteiger partial charge in [0.1, 0.15) is 25.0 Å². The van der Waals surface area contributed by atoms with Crippen LogP contribution in [0, 0.1) is 6.92 Å². The van der Waals surface area contributed by atoms with Crippen molar-refractivity contribution in [2.75, 3.05) is 6.61 Å². The molecule has 1 aliphatic rings. The smallest absolute Gasteiger partial charge is 0.338 e. The molecule has 2 heterocycles. The largest absolute Gasteiger partial charge is 0.459 e. The monoisotopic (exact) mass is 450 g/mol. The van der Waals surface area contributed by atoms with Crippen molar-refractivity contribution in [1.29, 1.82) is 0 Å². The van der Waals surface area contributed by atoms with E-state index in [9.17, 15) is 19.2 Å². The molecule has 3 atom stereocenters. The summed E-state index contributed by atoms with van der Waals surface area (Å²) in [7, 11) is 0. The highest BCUT2D eigenvalue weighted by atomic mass is 16.6. The van der Waals surface area contributed by atoms with Gasteiger partial charge in [0.05, 0.1) is 11.1 Å². The minimum absolute atomic E-state index is 0.136. The van der Waals surface area contributed by atoms with Crippen molar-refractivity contribution in [2.24, 2.45) is 0 Å². The summed E-state index contributed by atoms with van der Waals surface area (Å²) < 4.78 is 18.2. The molecule has 170 valence electrons. The maximum atomic E-state index is 12.6. The van der Waals surface area contributed by atoms with Gasteiger partial charge < -0.3 is 14.2 Å². The highest BCUT2D eigenvalue weighted by molar-refractivity contribution is 5.90. The minimum atomic E-state index is -0.818. The fourth-order valence-corrected chi connectivity index (χ4v) is 3.54. The molecular formula is C24H22N2O7. The van der Waals surface area contributed by atoms with Crippen LogP contribution in [0.2, 0.25) is 0 Å². The molecular weight excluding hydrogens is 428 g/mol. The van der Waals surface area contributed by atoms with E-state index in [1.54, 1.807) is 67.6 Å². The van der Waals surface area contributed by atoms with E-state index < -0.39 is 41.6 Å². The third-order valence-electron chi connectivity index (χ3n) is 5.29. The Morgan fingerprint density at radius 1 is 1.00 bits per heavy atom. The van der Waals surface area contributed by atoms with Gasteiger partial charge in [0.2, 0.25) is 0 Å². The summed E-state index contributed by atoms with van der Waals surface area (Å²) in [6.07, 6.45) is -0.889. The van der Waals surface area contributed by atoms with Gasteiger partial charge in [0, 0.05) is 18.2 Å². The van der Waals surface area contributed by atoms with Gasteiger partial charge in [-0.05, 0) is 31.2 Å². The molecule has 9 heteroatoms. The molecule has 0 bridgehead atoms. The standard InChI is InChI=1S/C24H22N2O7/c1-15-13-26(24(30)25-21(15)27)20-12-18(33-23(29)17-10-6-3-7-11-17)19(32-20)14-31-22(28)16-8-4-2-5-9-16/h2-11,13,18-20H,12,14H2,1H3,(H,25,27,30)/t18?,19-,20-/m1/s1. The fourth-order valence-electron chi connectivity index (χ4n) is 3.54. The van der Waals surface area contributed by atoms with Gasteiger partial charge in [-0.3, -0.25) is 14.3 Å². The molecule has 4 rings (SSSR count). The number of carbonyl (C=O) groups is 2. The summed E-state index contributed by atoms with van der Waals surface area (Å²) in [5, 5.41) is 0. The van der Waals surface area contributed by atoms with Crippen LogP contribution in [0.15, 0.2) is 76.4 Å². The van der Waals surface area contributed by atoms with E-state index in [0.717, 1.165) is 0 Å². The summed E-state index contributed by atoms with van der Waals surface area (Å²) >= 11 is 0. The summed E-state index contributed by atoms with van der Waals surface area (Å²) in [6, 6.07) is 16.9. The Kier molecular flexibility index (Phi) is 6.50. The number of aryl methyl sites for hydroxylation is 1. The van der Waals surface area contributed by atoms with Gasteiger partial charge in [-0.15, -0.1) is 0 Å². The Morgan fingerprint density at radius 3 is 2.24 bits per heavy atom. The lowest BCUT2D eigenvalue weighted by atomic mass is 10.1. The van der Waals surface area contributed by atoms with Gasteiger partial charge in [-0.25, -0.2) is 14.4 Å². The predicted octanol–water partition coefficient (Wildman–Crippen LogP) is 2.22.